The van der Waals surface area contributed by atoms with Gasteiger partial charge >= 0.3 is 0 Å². The fourth-order valence-corrected chi connectivity index (χ4v) is 2.17. The lowest BCUT2D eigenvalue weighted by atomic mass is 9.87. The van der Waals surface area contributed by atoms with Crippen LogP contribution in [0.25, 0.3) is 0 Å². The molecular formula is C13H26N2O2. The molecule has 1 aliphatic rings. The average molecular weight is 242 g/mol. The maximum Gasteiger partial charge on any atom is 0.221 e. The van der Waals surface area contributed by atoms with Gasteiger partial charge < -0.3 is 15.8 Å². The number of nitrogens with one attached hydrogen (secondary N) is 1. The molecule has 1 aliphatic heterocycles. The van der Waals surface area contributed by atoms with Gasteiger partial charge in [-0.15, -0.1) is 0 Å². The molecule has 1 heterocycles. The van der Waals surface area contributed by atoms with Crippen LogP contribution in [0.15, 0.2) is 0 Å². The van der Waals surface area contributed by atoms with Crippen molar-refractivity contribution in [1.29, 1.82) is 0 Å². The first-order valence-electron chi connectivity index (χ1n) is 6.47. The van der Waals surface area contributed by atoms with Crippen molar-refractivity contribution < 1.29 is 9.53 Å². The van der Waals surface area contributed by atoms with E-state index in [0.717, 1.165) is 32.6 Å². The van der Waals surface area contributed by atoms with Gasteiger partial charge in [-0.1, -0.05) is 20.8 Å². The van der Waals surface area contributed by atoms with E-state index in [1.165, 1.54) is 0 Å². The smallest absolute Gasteiger partial charge is 0.221 e. The van der Waals surface area contributed by atoms with E-state index in [1.54, 1.807) is 0 Å². The zero-order chi connectivity index (χ0) is 12.9. The predicted octanol–water partition coefficient (Wildman–Crippen LogP) is 1.29. The standard InChI is InChI=1S/C13H26N2O2/c1-13(2,3)7-11(14)6-12(16)15-8-10-4-5-17-9-10/h10-11H,4-9,14H2,1-3H3,(H,15,16). The number of rotatable bonds is 5. The van der Waals surface area contributed by atoms with Gasteiger partial charge in [0.2, 0.25) is 5.91 Å². The van der Waals surface area contributed by atoms with Crippen molar-refractivity contribution in [2.45, 2.75) is 46.1 Å². The van der Waals surface area contributed by atoms with Crippen LogP contribution in [0.2, 0.25) is 0 Å². The number of ether oxygens (including phenoxy) is 1. The molecule has 1 saturated heterocycles. The van der Waals surface area contributed by atoms with Crippen LogP contribution in [0, 0.1) is 11.3 Å². The minimum atomic E-state index is -0.0465. The van der Waals surface area contributed by atoms with Crippen LogP contribution in [-0.2, 0) is 9.53 Å². The number of carbonyl (C=O) groups is 1. The lowest BCUT2D eigenvalue weighted by Gasteiger charge is -2.22. The molecule has 0 aromatic carbocycles. The summed E-state index contributed by atoms with van der Waals surface area (Å²) in [5.74, 6) is 0.548. The molecule has 4 nitrogen and oxygen atoms in total. The van der Waals surface area contributed by atoms with Crippen molar-refractivity contribution in [1.82, 2.24) is 5.32 Å². The fraction of sp³-hybridized carbons (Fsp3) is 0.923. The van der Waals surface area contributed by atoms with Crippen LogP contribution >= 0.6 is 0 Å². The Balaban J connectivity index is 2.15. The Kier molecular flexibility index (Phi) is 5.40. The van der Waals surface area contributed by atoms with Crippen molar-refractivity contribution >= 4 is 5.91 Å². The maximum absolute atomic E-state index is 11.7. The van der Waals surface area contributed by atoms with E-state index in [4.69, 9.17) is 10.5 Å². The molecule has 0 saturated carbocycles. The summed E-state index contributed by atoms with van der Waals surface area (Å²) in [5, 5.41) is 2.94. The molecule has 1 rings (SSSR count). The Morgan fingerprint density at radius 2 is 2.24 bits per heavy atom. The highest BCUT2D eigenvalue weighted by atomic mass is 16.5. The van der Waals surface area contributed by atoms with E-state index in [9.17, 15) is 4.79 Å². The summed E-state index contributed by atoms with van der Waals surface area (Å²) in [7, 11) is 0. The van der Waals surface area contributed by atoms with Gasteiger partial charge in [-0.3, -0.25) is 4.79 Å². The van der Waals surface area contributed by atoms with Gasteiger partial charge in [0, 0.05) is 31.5 Å². The molecule has 100 valence electrons. The molecular weight excluding hydrogens is 216 g/mol. The van der Waals surface area contributed by atoms with E-state index in [0.29, 0.717) is 12.3 Å². The quantitative estimate of drug-likeness (QED) is 0.763. The molecule has 0 aromatic rings. The topological polar surface area (TPSA) is 64.4 Å². The molecule has 1 amide bonds. The van der Waals surface area contributed by atoms with Crippen molar-refractivity contribution in [3.63, 3.8) is 0 Å². The number of amides is 1. The Bertz CT molecular complexity index is 242. The zero-order valence-electron chi connectivity index (χ0n) is 11.3. The van der Waals surface area contributed by atoms with Gasteiger partial charge in [-0.2, -0.15) is 0 Å². The van der Waals surface area contributed by atoms with Gasteiger partial charge in [-0.25, -0.2) is 0 Å². The van der Waals surface area contributed by atoms with Crippen LogP contribution in [0.5, 0.6) is 0 Å². The molecule has 4 heteroatoms. The van der Waals surface area contributed by atoms with Crippen molar-refractivity contribution in [2.24, 2.45) is 17.1 Å². The second kappa shape index (κ2) is 6.36. The second-order valence-corrected chi connectivity index (χ2v) is 6.26. The maximum atomic E-state index is 11.7. The number of nitrogens with two attached hydrogens (primary N) is 1. The molecule has 3 N–H and O–H groups in total. The summed E-state index contributed by atoms with van der Waals surface area (Å²) < 4.78 is 5.26. The summed E-state index contributed by atoms with van der Waals surface area (Å²) in [6.07, 6.45) is 2.34. The average Bonchev–Trinajstić information content (AvgIpc) is 2.63. The molecule has 0 radical (unpaired) electrons. The number of hydrogen-bond donors (Lipinski definition) is 2. The van der Waals surface area contributed by atoms with Crippen LogP contribution in [0.4, 0.5) is 0 Å². The summed E-state index contributed by atoms with van der Waals surface area (Å²) >= 11 is 0. The summed E-state index contributed by atoms with van der Waals surface area (Å²) in [5.41, 5.74) is 6.14. The molecule has 2 unspecified atom stereocenters. The zero-order valence-corrected chi connectivity index (χ0v) is 11.3. The van der Waals surface area contributed by atoms with Crippen molar-refractivity contribution in [2.75, 3.05) is 19.8 Å². The summed E-state index contributed by atoms with van der Waals surface area (Å²) in [6.45, 7) is 8.74. The van der Waals surface area contributed by atoms with Gasteiger partial charge in [0.25, 0.3) is 0 Å². The lowest BCUT2D eigenvalue weighted by molar-refractivity contribution is -0.121. The minimum absolute atomic E-state index is 0.0465. The first-order chi connectivity index (χ1) is 7.87. The molecule has 0 aromatic heterocycles. The summed E-state index contributed by atoms with van der Waals surface area (Å²) in [4.78, 5) is 11.7. The third-order valence-electron chi connectivity index (χ3n) is 2.93. The second-order valence-electron chi connectivity index (χ2n) is 6.26. The largest absolute Gasteiger partial charge is 0.381 e. The van der Waals surface area contributed by atoms with Gasteiger partial charge in [0.15, 0.2) is 0 Å². The first kappa shape index (κ1) is 14.5. The van der Waals surface area contributed by atoms with Gasteiger partial charge in [-0.05, 0) is 18.3 Å². The monoisotopic (exact) mass is 242 g/mol. The highest BCUT2D eigenvalue weighted by Crippen LogP contribution is 2.21. The minimum Gasteiger partial charge on any atom is -0.381 e. The Morgan fingerprint density at radius 1 is 1.53 bits per heavy atom. The SMILES string of the molecule is CC(C)(C)CC(N)CC(=O)NCC1CCOC1. The first-order valence-corrected chi connectivity index (χ1v) is 6.47. The van der Waals surface area contributed by atoms with Crippen LogP contribution < -0.4 is 11.1 Å². The third-order valence-corrected chi connectivity index (χ3v) is 2.93. The van der Waals surface area contributed by atoms with E-state index in [-0.39, 0.29) is 17.4 Å². The third kappa shape index (κ3) is 6.64. The lowest BCUT2D eigenvalue weighted by Crippen LogP contribution is -2.36. The molecule has 0 spiro atoms. The Morgan fingerprint density at radius 3 is 2.76 bits per heavy atom. The van der Waals surface area contributed by atoms with Crippen molar-refractivity contribution in [3.8, 4) is 0 Å². The van der Waals surface area contributed by atoms with Crippen LogP contribution in [0.3, 0.4) is 0 Å². The molecule has 0 bridgehead atoms. The summed E-state index contributed by atoms with van der Waals surface area (Å²) in [6, 6.07) is -0.0465. The van der Waals surface area contributed by atoms with Crippen LogP contribution in [0.1, 0.15) is 40.0 Å². The van der Waals surface area contributed by atoms with E-state index in [1.807, 2.05) is 0 Å². The number of carbonyl (C=O) groups excluding carboxylic acids is 1. The molecule has 0 aliphatic carbocycles. The van der Waals surface area contributed by atoms with Gasteiger partial charge in [0.1, 0.15) is 0 Å². The molecule has 17 heavy (non-hydrogen) atoms. The van der Waals surface area contributed by atoms with Gasteiger partial charge in [0.05, 0.1) is 6.61 Å². The van der Waals surface area contributed by atoms with Crippen molar-refractivity contribution in [3.05, 3.63) is 0 Å². The fourth-order valence-electron chi connectivity index (χ4n) is 2.17. The van der Waals surface area contributed by atoms with E-state index < -0.39 is 0 Å². The van der Waals surface area contributed by atoms with E-state index >= 15 is 0 Å². The Labute approximate surface area is 104 Å². The predicted molar refractivity (Wildman–Crippen MR) is 68.6 cm³/mol. The molecule has 1 fully saturated rings. The molecule has 2 atom stereocenters. The van der Waals surface area contributed by atoms with Crippen LogP contribution in [-0.4, -0.2) is 31.7 Å². The highest BCUT2D eigenvalue weighted by molar-refractivity contribution is 5.76. The highest BCUT2D eigenvalue weighted by Gasteiger charge is 2.20. The number of hydrogen-bond acceptors (Lipinski definition) is 3. The normalized spacial score (nSPS) is 22.5. The Hall–Kier alpha value is -0.610. The van der Waals surface area contributed by atoms with E-state index in [2.05, 4.69) is 26.1 Å².